The molecule has 1 rings (SSSR count). The van der Waals surface area contributed by atoms with Crippen LogP contribution in [0, 0.1) is 0 Å². The van der Waals surface area contributed by atoms with E-state index in [0.29, 0.717) is 0 Å². The van der Waals surface area contributed by atoms with Crippen molar-refractivity contribution in [2.24, 2.45) is 0 Å². The molecule has 0 aromatic rings. The molecule has 0 atom stereocenters. The summed E-state index contributed by atoms with van der Waals surface area (Å²) >= 11 is 0. The molecule has 0 amide bonds. The molecule has 0 bridgehead atoms. The SMILES string of the molecule is CC1(OP(=O)(O)O)CC1. The number of hydrogen-bond acceptors (Lipinski definition) is 2. The highest BCUT2D eigenvalue weighted by atomic mass is 31.2. The maximum absolute atomic E-state index is 10.2. The molecule has 0 saturated heterocycles. The van der Waals surface area contributed by atoms with Gasteiger partial charge in [0.2, 0.25) is 0 Å². The Labute approximate surface area is 53.1 Å². The van der Waals surface area contributed by atoms with Crippen LogP contribution in [0.2, 0.25) is 0 Å². The van der Waals surface area contributed by atoms with Crippen LogP contribution in [-0.2, 0) is 9.09 Å². The predicted octanol–water partition coefficient (Wildman–Crippen LogP) is 0.648. The molecule has 1 aliphatic rings. The standard InChI is InChI=1S/C4H9O4P/c1-4(2-3-4)8-9(5,6)7/h2-3H2,1H3,(H2,5,6,7). The summed E-state index contributed by atoms with van der Waals surface area (Å²) in [5.74, 6) is 0. The highest BCUT2D eigenvalue weighted by Crippen LogP contribution is 2.51. The Kier molecular flexibility index (Phi) is 1.44. The third kappa shape index (κ3) is 2.45. The molecule has 1 aliphatic carbocycles. The molecule has 0 spiro atoms. The monoisotopic (exact) mass is 152 g/mol. The van der Waals surface area contributed by atoms with Crippen molar-refractivity contribution in [3.8, 4) is 0 Å². The number of phosphoric acid groups is 1. The van der Waals surface area contributed by atoms with Crippen LogP contribution >= 0.6 is 7.82 Å². The van der Waals surface area contributed by atoms with Crippen molar-refractivity contribution in [3.63, 3.8) is 0 Å². The zero-order chi connectivity index (χ0) is 7.12. The fraction of sp³-hybridized carbons (Fsp3) is 1.00. The summed E-state index contributed by atoms with van der Waals surface area (Å²) in [5.41, 5.74) is -0.529. The van der Waals surface area contributed by atoms with Gasteiger partial charge in [-0.05, 0) is 19.8 Å². The first-order valence-corrected chi connectivity index (χ1v) is 4.21. The lowest BCUT2D eigenvalue weighted by atomic mass is 10.4. The van der Waals surface area contributed by atoms with Gasteiger partial charge in [-0.3, -0.25) is 4.52 Å². The molecule has 2 N–H and O–H groups in total. The topological polar surface area (TPSA) is 66.8 Å². The van der Waals surface area contributed by atoms with Gasteiger partial charge in [-0.25, -0.2) is 4.57 Å². The molecule has 1 fully saturated rings. The molecule has 54 valence electrons. The maximum Gasteiger partial charge on any atom is 0.470 e. The second-order valence-corrected chi connectivity index (χ2v) is 3.70. The molecule has 5 heteroatoms. The molecule has 4 nitrogen and oxygen atoms in total. The van der Waals surface area contributed by atoms with Crippen molar-refractivity contribution in [1.82, 2.24) is 0 Å². The normalized spacial score (nSPS) is 23.9. The largest absolute Gasteiger partial charge is 0.470 e. The Balaban J connectivity index is 2.43. The Morgan fingerprint density at radius 1 is 1.56 bits per heavy atom. The second-order valence-electron chi connectivity index (χ2n) is 2.53. The first-order valence-electron chi connectivity index (χ1n) is 2.68. The molecule has 0 radical (unpaired) electrons. The molecule has 0 aliphatic heterocycles. The van der Waals surface area contributed by atoms with Gasteiger partial charge in [-0.2, -0.15) is 0 Å². The average molecular weight is 152 g/mol. The van der Waals surface area contributed by atoms with Crippen LogP contribution in [0.3, 0.4) is 0 Å². The summed E-state index contributed by atoms with van der Waals surface area (Å²) in [6.45, 7) is 1.69. The van der Waals surface area contributed by atoms with Gasteiger partial charge in [0.25, 0.3) is 0 Å². The van der Waals surface area contributed by atoms with E-state index in [-0.39, 0.29) is 0 Å². The van der Waals surface area contributed by atoms with Crippen LogP contribution in [0.5, 0.6) is 0 Å². The van der Waals surface area contributed by atoms with Gasteiger partial charge in [0.05, 0.1) is 5.60 Å². The van der Waals surface area contributed by atoms with Crippen molar-refractivity contribution in [1.29, 1.82) is 0 Å². The third-order valence-corrected chi connectivity index (χ3v) is 1.97. The molecular formula is C4H9O4P. The molecule has 1 saturated carbocycles. The fourth-order valence-electron chi connectivity index (χ4n) is 0.554. The summed E-state index contributed by atoms with van der Waals surface area (Å²) in [7, 11) is -4.22. The van der Waals surface area contributed by atoms with E-state index in [1.54, 1.807) is 6.92 Å². The maximum atomic E-state index is 10.2. The first-order chi connectivity index (χ1) is 3.91. The number of phosphoric ester groups is 1. The zero-order valence-corrected chi connectivity index (χ0v) is 5.97. The minimum absolute atomic E-state index is 0.529. The van der Waals surface area contributed by atoms with Gasteiger partial charge in [-0.1, -0.05) is 0 Å². The van der Waals surface area contributed by atoms with Crippen LogP contribution < -0.4 is 0 Å². The lowest BCUT2D eigenvalue weighted by Gasteiger charge is -2.09. The second kappa shape index (κ2) is 1.80. The molecule has 0 unspecified atom stereocenters. The van der Waals surface area contributed by atoms with E-state index < -0.39 is 13.4 Å². The molecule has 0 aromatic heterocycles. The van der Waals surface area contributed by atoms with E-state index >= 15 is 0 Å². The van der Waals surface area contributed by atoms with E-state index in [9.17, 15) is 4.57 Å². The lowest BCUT2D eigenvalue weighted by molar-refractivity contribution is 0.129. The highest BCUT2D eigenvalue weighted by Gasteiger charge is 2.43. The quantitative estimate of drug-likeness (QED) is 0.570. The molecular weight excluding hydrogens is 143 g/mol. The van der Waals surface area contributed by atoms with E-state index in [1.807, 2.05) is 0 Å². The van der Waals surface area contributed by atoms with Gasteiger partial charge in [-0.15, -0.1) is 0 Å². The summed E-state index contributed by atoms with van der Waals surface area (Å²) < 4.78 is 14.6. The lowest BCUT2D eigenvalue weighted by Crippen LogP contribution is -2.05. The highest BCUT2D eigenvalue weighted by molar-refractivity contribution is 7.46. The van der Waals surface area contributed by atoms with Crippen molar-refractivity contribution in [3.05, 3.63) is 0 Å². The van der Waals surface area contributed by atoms with Gasteiger partial charge in [0.1, 0.15) is 0 Å². The number of hydrogen-bond donors (Lipinski definition) is 2. The van der Waals surface area contributed by atoms with Crippen LogP contribution in [0.4, 0.5) is 0 Å². The van der Waals surface area contributed by atoms with E-state index in [1.165, 1.54) is 0 Å². The summed E-state index contributed by atoms with van der Waals surface area (Å²) in [6, 6.07) is 0. The minimum Gasteiger partial charge on any atom is -0.303 e. The van der Waals surface area contributed by atoms with Gasteiger partial charge in [0, 0.05) is 0 Å². The summed E-state index contributed by atoms with van der Waals surface area (Å²) in [6.07, 6.45) is 1.50. The van der Waals surface area contributed by atoms with E-state index in [4.69, 9.17) is 9.79 Å². The fourth-order valence-corrected chi connectivity index (χ4v) is 1.31. The van der Waals surface area contributed by atoms with Crippen molar-refractivity contribution in [2.75, 3.05) is 0 Å². The Morgan fingerprint density at radius 2 is 2.00 bits per heavy atom. The van der Waals surface area contributed by atoms with Crippen LogP contribution in [0.25, 0.3) is 0 Å². The minimum atomic E-state index is -4.22. The van der Waals surface area contributed by atoms with Crippen molar-refractivity contribution < 1.29 is 18.9 Å². The van der Waals surface area contributed by atoms with Crippen molar-refractivity contribution >= 4 is 7.82 Å². The summed E-state index contributed by atoms with van der Waals surface area (Å²) in [5, 5.41) is 0. The van der Waals surface area contributed by atoms with Gasteiger partial charge >= 0.3 is 7.82 Å². The van der Waals surface area contributed by atoms with Crippen LogP contribution in [0.15, 0.2) is 0 Å². The molecule has 9 heavy (non-hydrogen) atoms. The predicted molar refractivity (Wildman–Crippen MR) is 30.8 cm³/mol. The molecule has 0 aromatic carbocycles. The number of rotatable bonds is 2. The van der Waals surface area contributed by atoms with Crippen molar-refractivity contribution in [2.45, 2.75) is 25.4 Å². The van der Waals surface area contributed by atoms with Crippen LogP contribution in [0.1, 0.15) is 19.8 Å². The summed E-state index contributed by atoms with van der Waals surface area (Å²) in [4.78, 5) is 16.6. The van der Waals surface area contributed by atoms with E-state index in [0.717, 1.165) is 12.8 Å². The van der Waals surface area contributed by atoms with Gasteiger partial charge in [0.15, 0.2) is 0 Å². The van der Waals surface area contributed by atoms with Crippen LogP contribution in [-0.4, -0.2) is 15.4 Å². The zero-order valence-electron chi connectivity index (χ0n) is 5.07. The molecule has 0 heterocycles. The van der Waals surface area contributed by atoms with E-state index in [2.05, 4.69) is 4.52 Å². The smallest absolute Gasteiger partial charge is 0.303 e. The average Bonchev–Trinajstić information content (AvgIpc) is 2.12. The van der Waals surface area contributed by atoms with Gasteiger partial charge < -0.3 is 9.79 Å². The third-order valence-electron chi connectivity index (χ3n) is 1.29. The first kappa shape index (κ1) is 7.22. The Morgan fingerprint density at radius 3 is 2.11 bits per heavy atom. The Hall–Kier alpha value is 0.110. The Bertz CT molecular complexity index is 156.